The monoisotopic (exact) mass is 334 g/mol. The fourth-order valence-corrected chi connectivity index (χ4v) is 4.04. The molecule has 1 fully saturated rings. The molecule has 4 rings (SSSR count). The maximum atomic E-state index is 9.99. The highest BCUT2D eigenvalue weighted by Gasteiger charge is 2.22. The second-order valence-corrected chi connectivity index (χ2v) is 7.29. The van der Waals surface area contributed by atoms with Crippen molar-refractivity contribution in [1.29, 1.82) is 0 Å². The van der Waals surface area contributed by atoms with Crippen molar-refractivity contribution in [3.63, 3.8) is 0 Å². The van der Waals surface area contributed by atoms with Gasteiger partial charge < -0.3 is 14.6 Å². The van der Waals surface area contributed by atoms with Crippen LogP contribution in [-0.4, -0.2) is 34.7 Å². The fraction of sp³-hybridized carbons (Fsp3) is 0.364. The minimum Gasteiger partial charge on any atom is -0.508 e. The highest BCUT2D eigenvalue weighted by atomic mass is 16.3. The molecule has 2 aromatic carbocycles. The smallest absolute Gasteiger partial charge is 0.116 e. The fourth-order valence-electron chi connectivity index (χ4n) is 4.04. The summed E-state index contributed by atoms with van der Waals surface area (Å²) in [4.78, 5) is 2.41. The lowest BCUT2D eigenvalue weighted by molar-refractivity contribution is 0.256. The number of benzene rings is 2. The summed E-state index contributed by atoms with van der Waals surface area (Å²) >= 11 is 0. The van der Waals surface area contributed by atoms with E-state index in [9.17, 15) is 5.11 Å². The molecule has 3 heteroatoms. The van der Waals surface area contributed by atoms with Crippen LogP contribution in [0.15, 0.2) is 54.7 Å². The number of nitrogens with zero attached hydrogens (tertiary/aromatic N) is 2. The van der Waals surface area contributed by atoms with Gasteiger partial charge in [-0.3, -0.25) is 0 Å². The highest BCUT2D eigenvalue weighted by Crippen LogP contribution is 2.35. The molecule has 0 unspecified atom stereocenters. The summed E-state index contributed by atoms with van der Waals surface area (Å²) in [6.45, 7) is 3.28. The van der Waals surface area contributed by atoms with Gasteiger partial charge in [0.05, 0.1) is 0 Å². The Morgan fingerprint density at radius 3 is 2.56 bits per heavy atom. The molecule has 1 aromatic heterocycles. The zero-order valence-corrected chi connectivity index (χ0v) is 14.9. The van der Waals surface area contributed by atoms with Gasteiger partial charge in [-0.15, -0.1) is 0 Å². The van der Waals surface area contributed by atoms with Crippen molar-refractivity contribution in [2.24, 2.45) is 0 Å². The van der Waals surface area contributed by atoms with Gasteiger partial charge in [-0.25, -0.2) is 0 Å². The van der Waals surface area contributed by atoms with Gasteiger partial charge in [0.2, 0.25) is 0 Å². The van der Waals surface area contributed by atoms with E-state index in [0.717, 1.165) is 26.1 Å². The van der Waals surface area contributed by atoms with Crippen molar-refractivity contribution >= 4 is 10.9 Å². The van der Waals surface area contributed by atoms with Gasteiger partial charge in [0.1, 0.15) is 5.75 Å². The molecule has 3 aromatic rings. The van der Waals surface area contributed by atoms with E-state index in [2.05, 4.69) is 59.1 Å². The Kier molecular flexibility index (Phi) is 4.50. The van der Waals surface area contributed by atoms with E-state index >= 15 is 0 Å². The molecule has 0 bridgehead atoms. The van der Waals surface area contributed by atoms with Crippen LogP contribution in [0.5, 0.6) is 5.75 Å². The molecular formula is C22H26N2O. The number of rotatable bonds is 4. The van der Waals surface area contributed by atoms with E-state index in [1.807, 2.05) is 6.07 Å². The second kappa shape index (κ2) is 6.93. The molecule has 1 aliphatic heterocycles. The van der Waals surface area contributed by atoms with Crippen LogP contribution in [0.25, 0.3) is 10.9 Å². The number of phenolic OH excluding ortho intramolecular Hbond substituents is 1. The third-order valence-corrected chi connectivity index (χ3v) is 5.54. The zero-order chi connectivity index (χ0) is 17.2. The van der Waals surface area contributed by atoms with Crippen molar-refractivity contribution in [2.45, 2.75) is 31.7 Å². The standard InChI is InChI=1S/C22H26N2O/c1-23-12-10-18(11-13-23)21-16-24(14-9-17-5-3-2-4-6-17)22-8-7-19(25)15-20(21)22/h2-8,15-16,18,25H,9-14H2,1H3. The lowest BCUT2D eigenvalue weighted by atomic mass is 9.89. The van der Waals surface area contributed by atoms with Crippen molar-refractivity contribution in [3.05, 3.63) is 65.9 Å². The third kappa shape index (κ3) is 3.42. The van der Waals surface area contributed by atoms with Gasteiger partial charge in [0, 0.05) is 23.6 Å². The Balaban J connectivity index is 1.65. The van der Waals surface area contributed by atoms with Crippen LogP contribution < -0.4 is 0 Å². The number of likely N-dealkylation sites (tertiary alicyclic amines) is 1. The van der Waals surface area contributed by atoms with Crippen LogP contribution in [0.3, 0.4) is 0 Å². The number of aromatic nitrogens is 1. The van der Waals surface area contributed by atoms with Gasteiger partial charge >= 0.3 is 0 Å². The maximum absolute atomic E-state index is 9.99. The summed E-state index contributed by atoms with van der Waals surface area (Å²) in [6.07, 6.45) is 5.76. The van der Waals surface area contributed by atoms with Crippen molar-refractivity contribution in [1.82, 2.24) is 9.47 Å². The molecule has 0 spiro atoms. The Labute approximate surface area is 149 Å². The maximum Gasteiger partial charge on any atom is 0.116 e. The molecule has 0 amide bonds. The quantitative estimate of drug-likeness (QED) is 0.766. The lowest BCUT2D eigenvalue weighted by Crippen LogP contribution is -2.29. The van der Waals surface area contributed by atoms with Gasteiger partial charge in [0.15, 0.2) is 0 Å². The topological polar surface area (TPSA) is 28.4 Å². The first-order valence-electron chi connectivity index (χ1n) is 9.25. The van der Waals surface area contributed by atoms with E-state index in [-0.39, 0.29) is 0 Å². The number of aromatic hydroxyl groups is 1. The normalized spacial score (nSPS) is 16.5. The average molecular weight is 334 g/mol. The van der Waals surface area contributed by atoms with E-state index in [0.29, 0.717) is 11.7 Å². The number of hydrogen-bond donors (Lipinski definition) is 1. The van der Waals surface area contributed by atoms with E-state index in [1.54, 1.807) is 6.07 Å². The second-order valence-electron chi connectivity index (χ2n) is 7.29. The SMILES string of the molecule is CN1CCC(c2cn(CCc3ccccc3)c3ccc(O)cc23)CC1. The molecule has 0 atom stereocenters. The summed E-state index contributed by atoms with van der Waals surface area (Å²) in [5, 5.41) is 11.2. The minimum atomic E-state index is 0.363. The van der Waals surface area contributed by atoms with Gasteiger partial charge in [-0.1, -0.05) is 30.3 Å². The molecule has 1 saturated heterocycles. The largest absolute Gasteiger partial charge is 0.508 e. The molecular weight excluding hydrogens is 308 g/mol. The highest BCUT2D eigenvalue weighted by molar-refractivity contribution is 5.86. The van der Waals surface area contributed by atoms with Crippen LogP contribution in [0.2, 0.25) is 0 Å². The van der Waals surface area contributed by atoms with Crippen molar-refractivity contribution in [2.75, 3.05) is 20.1 Å². The van der Waals surface area contributed by atoms with Crippen LogP contribution in [0.4, 0.5) is 0 Å². The molecule has 2 heterocycles. The molecule has 130 valence electrons. The Morgan fingerprint density at radius 2 is 1.80 bits per heavy atom. The van der Waals surface area contributed by atoms with Crippen LogP contribution in [-0.2, 0) is 13.0 Å². The van der Waals surface area contributed by atoms with E-state index in [4.69, 9.17) is 0 Å². The Bertz CT molecular complexity index is 845. The predicted molar refractivity (Wildman–Crippen MR) is 103 cm³/mol. The summed E-state index contributed by atoms with van der Waals surface area (Å²) in [5.74, 6) is 0.959. The molecule has 0 saturated carbocycles. The van der Waals surface area contributed by atoms with Crippen LogP contribution in [0, 0.1) is 0 Å². The minimum absolute atomic E-state index is 0.363. The van der Waals surface area contributed by atoms with Gasteiger partial charge in [0.25, 0.3) is 0 Å². The van der Waals surface area contributed by atoms with E-state index < -0.39 is 0 Å². The van der Waals surface area contributed by atoms with Gasteiger partial charge in [-0.05, 0) is 74.6 Å². The average Bonchev–Trinajstić information content (AvgIpc) is 2.99. The van der Waals surface area contributed by atoms with Crippen LogP contribution in [0.1, 0.15) is 29.9 Å². The van der Waals surface area contributed by atoms with Gasteiger partial charge in [-0.2, -0.15) is 0 Å². The first-order chi connectivity index (χ1) is 12.2. The van der Waals surface area contributed by atoms with Crippen LogP contribution >= 0.6 is 0 Å². The summed E-state index contributed by atoms with van der Waals surface area (Å²) in [6, 6.07) is 16.5. The van der Waals surface area contributed by atoms with E-state index in [1.165, 1.54) is 34.9 Å². The molecule has 1 N–H and O–H groups in total. The zero-order valence-electron chi connectivity index (χ0n) is 14.9. The molecule has 1 aliphatic rings. The number of phenols is 1. The number of aryl methyl sites for hydroxylation is 2. The molecule has 0 aliphatic carbocycles. The predicted octanol–water partition coefficient (Wildman–Crippen LogP) is 4.40. The summed E-state index contributed by atoms with van der Waals surface area (Å²) < 4.78 is 2.37. The lowest BCUT2D eigenvalue weighted by Gasteiger charge is -2.28. The van der Waals surface area contributed by atoms with Crippen molar-refractivity contribution in [3.8, 4) is 5.75 Å². The Morgan fingerprint density at radius 1 is 1.04 bits per heavy atom. The Hall–Kier alpha value is -2.26. The third-order valence-electron chi connectivity index (χ3n) is 5.54. The summed E-state index contributed by atoms with van der Waals surface area (Å²) in [7, 11) is 2.20. The molecule has 25 heavy (non-hydrogen) atoms. The molecule has 3 nitrogen and oxygen atoms in total. The number of piperidine rings is 1. The first kappa shape index (κ1) is 16.2. The molecule has 0 radical (unpaired) electrons. The first-order valence-corrected chi connectivity index (χ1v) is 9.25. The van der Waals surface area contributed by atoms with Crippen molar-refractivity contribution < 1.29 is 5.11 Å². The number of fused-ring (bicyclic) bond motifs is 1. The summed E-state index contributed by atoms with van der Waals surface area (Å²) in [5.41, 5.74) is 4.01. The number of hydrogen-bond acceptors (Lipinski definition) is 2.